The van der Waals surface area contributed by atoms with Crippen molar-refractivity contribution in [2.75, 3.05) is 0 Å². The monoisotopic (exact) mass is 446 g/mol. The molecule has 0 atom stereocenters. The third kappa shape index (κ3) is 5.00. The van der Waals surface area contributed by atoms with Crippen molar-refractivity contribution in [2.24, 2.45) is 0 Å². The van der Waals surface area contributed by atoms with Gasteiger partial charge in [-0.25, -0.2) is 4.79 Å². The van der Waals surface area contributed by atoms with Crippen LogP contribution in [0.15, 0.2) is 92.2 Å². The molecule has 2 heterocycles. The Morgan fingerprint density at radius 1 is 1.09 bits per heavy atom. The summed E-state index contributed by atoms with van der Waals surface area (Å²) in [4.78, 5) is 21.9. The highest BCUT2D eigenvalue weighted by atomic mass is 32.2. The van der Waals surface area contributed by atoms with Crippen LogP contribution < -0.4 is 10.4 Å². The average Bonchev–Trinajstić information content (AvgIpc) is 2.81. The van der Waals surface area contributed by atoms with E-state index in [0.717, 1.165) is 16.2 Å². The molecule has 0 saturated heterocycles. The van der Waals surface area contributed by atoms with Crippen LogP contribution in [0.1, 0.15) is 31.0 Å². The molecule has 0 unspecified atom stereocenters. The summed E-state index contributed by atoms with van der Waals surface area (Å²) in [6.07, 6.45) is 4.86. The Balaban J connectivity index is 1.52. The number of nitrogens with zero attached hydrogens (tertiary/aromatic N) is 2. The Morgan fingerprint density at radius 2 is 1.88 bits per heavy atom. The molecular weight excluding hydrogens is 424 g/mol. The highest BCUT2D eigenvalue weighted by molar-refractivity contribution is 7.99. The number of benzene rings is 2. The van der Waals surface area contributed by atoms with Gasteiger partial charge in [-0.15, -0.1) is 0 Å². The topological polar surface area (TPSA) is 85.4 Å². The first-order valence-electron chi connectivity index (χ1n) is 10.1. The van der Waals surface area contributed by atoms with E-state index in [0.29, 0.717) is 23.8 Å². The lowest BCUT2D eigenvalue weighted by Gasteiger charge is -2.12. The van der Waals surface area contributed by atoms with E-state index in [1.807, 2.05) is 24.3 Å². The maximum absolute atomic E-state index is 12.7. The van der Waals surface area contributed by atoms with Crippen molar-refractivity contribution in [3.05, 3.63) is 94.9 Å². The van der Waals surface area contributed by atoms with Gasteiger partial charge < -0.3 is 14.3 Å². The summed E-state index contributed by atoms with van der Waals surface area (Å²) in [5.74, 6) is 1.11. The summed E-state index contributed by atoms with van der Waals surface area (Å²) < 4.78 is 11.2. The first-order chi connectivity index (χ1) is 15.5. The molecule has 0 radical (unpaired) electrons. The van der Waals surface area contributed by atoms with Crippen LogP contribution in [0.4, 0.5) is 0 Å². The van der Waals surface area contributed by atoms with Crippen molar-refractivity contribution in [3.8, 4) is 22.8 Å². The number of ether oxygens (including phenoxy) is 1. The summed E-state index contributed by atoms with van der Waals surface area (Å²) in [5.41, 5.74) is 1.91. The molecule has 0 amide bonds. The minimum absolute atomic E-state index is 0.109. The lowest BCUT2D eigenvalue weighted by atomic mass is 10.0. The van der Waals surface area contributed by atoms with Crippen LogP contribution in [-0.4, -0.2) is 15.1 Å². The van der Waals surface area contributed by atoms with Gasteiger partial charge in [0.15, 0.2) is 0 Å². The van der Waals surface area contributed by atoms with Gasteiger partial charge in [-0.3, -0.25) is 9.97 Å². The zero-order chi connectivity index (χ0) is 22.5. The highest BCUT2D eigenvalue weighted by Gasteiger charge is 2.16. The lowest BCUT2D eigenvalue weighted by molar-refractivity contribution is 0.301. The van der Waals surface area contributed by atoms with Crippen LogP contribution >= 0.6 is 11.8 Å². The second-order valence-corrected chi connectivity index (χ2v) is 8.47. The van der Waals surface area contributed by atoms with Gasteiger partial charge in [0.2, 0.25) is 0 Å². The predicted octanol–water partition coefficient (Wildman–Crippen LogP) is 5.66. The van der Waals surface area contributed by atoms with Gasteiger partial charge in [0.05, 0.1) is 11.9 Å². The van der Waals surface area contributed by atoms with E-state index in [4.69, 9.17) is 9.15 Å². The minimum Gasteiger partial charge on any atom is -0.506 e. The molecule has 0 saturated carbocycles. The van der Waals surface area contributed by atoms with Crippen molar-refractivity contribution in [2.45, 2.75) is 36.2 Å². The zero-order valence-electron chi connectivity index (χ0n) is 17.7. The molecule has 2 aromatic carbocycles. The molecule has 2 aromatic heterocycles. The van der Waals surface area contributed by atoms with Crippen molar-refractivity contribution >= 4 is 11.8 Å². The second kappa shape index (κ2) is 9.70. The summed E-state index contributed by atoms with van der Waals surface area (Å²) in [7, 11) is 0. The highest BCUT2D eigenvalue weighted by Crippen LogP contribution is 2.37. The van der Waals surface area contributed by atoms with Crippen LogP contribution in [0.25, 0.3) is 11.3 Å². The Labute approximate surface area is 189 Å². The maximum atomic E-state index is 12.7. The van der Waals surface area contributed by atoms with Gasteiger partial charge in [-0.2, -0.15) is 0 Å². The van der Waals surface area contributed by atoms with E-state index in [1.165, 1.54) is 17.8 Å². The fraction of sp³-hybridized carbons (Fsp3) is 0.160. The number of hydrogen-bond acceptors (Lipinski definition) is 7. The predicted molar refractivity (Wildman–Crippen MR) is 123 cm³/mol. The van der Waals surface area contributed by atoms with Crippen molar-refractivity contribution in [3.63, 3.8) is 0 Å². The van der Waals surface area contributed by atoms with Gasteiger partial charge in [-0.1, -0.05) is 43.8 Å². The molecule has 0 aliphatic carbocycles. The quantitative estimate of drug-likeness (QED) is 0.392. The number of rotatable bonds is 7. The summed E-state index contributed by atoms with van der Waals surface area (Å²) >= 11 is 1.22. The average molecular weight is 447 g/mol. The lowest BCUT2D eigenvalue weighted by Crippen LogP contribution is -2.03. The van der Waals surface area contributed by atoms with Crippen LogP contribution in [0.3, 0.4) is 0 Å². The number of aromatic hydroxyl groups is 1. The van der Waals surface area contributed by atoms with Gasteiger partial charge in [0.1, 0.15) is 28.8 Å². The van der Waals surface area contributed by atoms with Crippen molar-refractivity contribution in [1.82, 2.24) is 9.97 Å². The molecular formula is C25H22N2O4S. The Hall–Kier alpha value is -3.58. The van der Waals surface area contributed by atoms with E-state index < -0.39 is 5.63 Å². The van der Waals surface area contributed by atoms with E-state index in [9.17, 15) is 9.90 Å². The van der Waals surface area contributed by atoms with Crippen molar-refractivity contribution < 1.29 is 14.3 Å². The van der Waals surface area contributed by atoms with Crippen LogP contribution in [0, 0.1) is 0 Å². The fourth-order valence-corrected chi connectivity index (χ4v) is 4.22. The zero-order valence-corrected chi connectivity index (χ0v) is 18.5. The van der Waals surface area contributed by atoms with Crippen LogP contribution in [-0.2, 0) is 6.61 Å². The molecule has 0 aliphatic heterocycles. The molecule has 0 aliphatic rings. The summed E-state index contributed by atoms with van der Waals surface area (Å²) in [6.45, 7) is 4.48. The van der Waals surface area contributed by atoms with E-state index in [1.54, 1.807) is 42.9 Å². The smallest absolute Gasteiger partial charge is 0.354 e. The third-order valence-electron chi connectivity index (χ3n) is 4.78. The Morgan fingerprint density at radius 3 is 2.56 bits per heavy atom. The SMILES string of the molecule is CC(C)c1ccccc1Sc1c(O)cc(-c2ccc(OCc3cnccn3)cc2)oc1=O. The Kier molecular flexibility index (Phi) is 6.56. The van der Waals surface area contributed by atoms with Crippen molar-refractivity contribution in [1.29, 1.82) is 0 Å². The van der Waals surface area contributed by atoms with Gasteiger partial charge in [0.25, 0.3) is 0 Å². The summed E-state index contributed by atoms with van der Waals surface area (Å²) in [6, 6.07) is 16.4. The molecule has 162 valence electrons. The van der Waals surface area contributed by atoms with Crippen LogP contribution in [0.2, 0.25) is 0 Å². The van der Waals surface area contributed by atoms with E-state index in [-0.39, 0.29) is 16.4 Å². The first kappa shape index (κ1) is 21.6. The summed E-state index contributed by atoms with van der Waals surface area (Å²) in [5, 5.41) is 10.6. The standard InChI is InChI=1S/C25H22N2O4S/c1-16(2)20-5-3-4-6-23(20)32-24-21(28)13-22(31-25(24)29)17-7-9-19(10-8-17)30-15-18-14-26-11-12-27-18/h3-14,16,28H,15H2,1-2H3. The third-order valence-corrected chi connectivity index (χ3v) is 5.96. The molecule has 32 heavy (non-hydrogen) atoms. The molecule has 0 spiro atoms. The van der Waals surface area contributed by atoms with Gasteiger partial charge in [-0.05, 0) is 41.8 Å². The molecule has 4 aromatic rings. The van der Waals surface area contributed by atoms with E-state index in [2.05, 4.69) is 23.8 Å². The molecule has 6 nitrogen and oxygen atoms in total. The van der Waals surface area contributed by atoms with Gasteiger partial charge in [0, 0.05) is 28.9 Å². The molecule has 0 bridgehead atoms. The maximum Gasteiger partial charge on any atom is 0.354 e. The van der Waals surface area contributed by atoms with Crippen LogP contribution in [0.5, 0.6) is 11.5 Å². The Bertz CT molecular complexity index is 1260. The molecule has 7 heteroatoms. The fourth-order valence-electron chi connectivity index (χ4n) is 3.14. The number of hydrogen-bond donors (Lipinski definition) is 1. The molecule has 4 rings (SSSR count). The van der Waals surface area contributed by atoms with E-state index >= 15 is 0 Å². The second-order valence-electron chi connectivity index (χ2n) is 7.42. The number of aromatic nitrogens is 2. The molecule has 0 fully saturated rings. The normalized spacial score (nSPS) is 11.0. The molecule has 1 N–H and O–H groups in total. The minimum atomic E-state index is -0.577. The first-order valence-corrected chi connectivity index (χ1v) is 10.9. The van der Waals surface area contributed by atoms with Gasteiger partial charge >= 0.3 is 5.63 Å². The largest absolute Gasteiger partial charge is 0.506 e.